The lowest BCUT2D eigenvalue weighted by Gasteiger charge is -2.11. The van der Waals surface area contributed by atoms with E-state index < -0.39 is 10.8 Å². The van der Waals surface area contributed by atoms with E-state index in [-0.39, 0.29) is 18.1 Å². The van der Waals surface area contributed by atoms with Gasteiger partial charge >= 0.3 is 5.82 Å². The second-order valence-corrected chi connectivity index (χ2v) is 8.53. The summed E-state index contributed by atoms with van der Waals surface area (Å²) >= 11 is 4.60. The van der Waals surface area contributed by atoms with E-state index in [1.54, 1.807) is 6.92 Å². The minimum Gasteiger partial charge on any atom is -0.365 e. The molecule has 0 aliphatic heterocycles. The van der Waals surface area contributed by atoms with Gasteiger partial charge in [-0.2, -0.15) is 4.68 Å². The van der Waals surface area contributed by atoms with Crippen LogP contribution in [-0.2, 0) is 24.2 Å². The van der Waals surface area contributed by atoms with Gasteiger partial charge in [-0.25, -0.2) is 0 Å². The minimum atomic E-state index is -0.551. The molecule has 11 heteroatoms. The molecule has 0 bridgehead atoms. The van der Waals surface area contributed by atoms with E-state index in [1.165, 1.54) is 16.0 Å². The SMILES string of the molecule is Cc1c(Br)c([N+](=O)[O-])nn1CCCC(=O)Nc1sc2c(c1C(N)=O)CCCC2. The predicted molar refractivity (Wildman–Crippen MR) is 109 cm³/mol. The van der Waals surface area contributed by atoms with E-state index in [1.807, 2.05) is 0 Å². The van der Waals surface area contributed by atoms with Crippen LogP contribution in [0.25, 0.3) is 0 Å². The van der Waals surface area contributed by atoms with Gasteiger partial charge in [-0.15, -0.1) is 11.3 Å². The van der Waals surface area contributed by atoms with E-state index in [0.717, 1.165) is 36.1 Å². The first kappa shape index (κ1) is 20.5. The highest BCUT2D eigenvalue weighted by Crippen LogP contribution is 2.38. The highest BCUT2D eigenvalue weighted by molar-refractivity contribution is 9.10. The van der Waals surface area contributed by atoms with Crippen molar-refractivity contribution in [2.45, 2.75) is 52.0 Å². The molecule has 2 amide bonds. The molecule has 0 saturated carbocycles. The van der Waals surface area contributed by atoms with Crippen LogP contribution in [0.1, 0.15) is 52.2 Å². The average molecular weight is 470 g/mol. The van der Waals surface area contributed by atoms with Crippen molar-refractivity contribution in [2.24, 2.45) is 5.73 Å². The third-order valence-electron chi connectivity index (χ3n) is 4.73. The number of amides is 2. The Hall–Kier alpha value is -2.27. The standard InChI is InChI=1S/C17H20BrN5O4S/c1-9-14(18)16(23(26)27)21-22(9)8-4-7-12(24)20-17-13(15(19)25)10-5-2-3-6-11(10)28-17/h2-8H2,1H3,(H2,19,25)(H,20,24). The second-order valence-electron chi connectivity index (χ2n) is 6.63. The maximum atomic E-state index is 12.4. The highest BCUT2D eigenvalue weighted by Gasteiger charge is 2.25. The number of anilines is 1. The zero-order valence-corrected chi connectivity index (χ0v) is 17.7. The van der Waals surface area contributed by atoms with Crippen molar-refractivity contribution in [1.82, 2.24) is 9.78 Å². The molecule has 0 radical (unpaired) electrons. The van der Waals surface area contributed by atoms with Crippen molar-refractivity contribution in [3.8, 4) is 0 Å². The number of nitrogens with two attached hydrogens (primary N) is 1. The summed E-state index contributed by atoms with van der Waals surface area (Å²) in [4.78, 5) is 35.7. The summed E-state index contributed by atoms with van der Waals surface area (Å²) in [5.41, 5.74) is 7.59. The Labute approximate surface area is 173 Å². The minimum absolute atomic E-state index is 0.200. The lowest BCUT2D eigenvalue weighted by molar-refractivity contribution is -0.390. The van der Waals surface area contributed by atoms with Crippen LogP contribution in [0.3, 0.4) is 0 Å². The summed E-state index contributed by atoms with van der Waals surface area (Å²) in [6, 6.07) is 0. The van der Waals surface area contributed by atoms with Crippen LogP contribution in [0.2, 0.25) is 0 Å². The van der Waals surface area contributed by atoms with Crippen molar-refractivity contribution >= 4 is 49.9 Å². The van der Waals surface area contributed by atoms with Gasteiger partial charge in [0.2, 0.25) is 5.91 Å². The molecular formula is C17H20BrN5O4S. The quantitative estimate of drug-likeness (QED) is 0.473. The van der Waals surface area contributed by atoms with Crippen LogP contribution in [0.15, 0.2) is 4.47 Å². The van der Waals surface area contributed by atoms with Crippen LogP contribution >= 0.6 is 27.3 Å². The summed E-state index contributed by atoms with van der Waals surface area (Å²) in [5.74, 6) is -0.976. The molecule has 1 aliphatic rings. The van der Waals surface area contributed by atoms with E-state index in [4.69, 9.17) is 5.73 Å². The van der Waals surface area contributed by atoms with Gasteiger partial charge in [0.05, 0.1) is 22.9 Å². The van der Waals surface area contributed by atoms with E-state index >= 15 is 0 Å². The molecule has 1 aliphatic carbocycles. The van der Waals surface area contributed by atoms with Crippen LogP contribution in [0, 0.1) is 17.0 Å². The van der Waals surface area contributed by atoms with E-state index in [9.17, 15) is 19.7 Å². The summed E-state index contributed by atoms with van der Waals surface area (Å²) in [6.45, 7) is 2.09. The molecule has 0 spiro atoms. The molecule has 2 aromatic heterocycles. The average Bonchev–Trinajstić information content (AvgIpc) is 3.13. The molecule has 0 aromatic carbocycles. The first-order valence-corrected chi connectivity index (χ1v) is 10.5. The fourth-order valence-electron chi connectivity index (χ4n) is 3.34. The van der Waals surface area contributed by atoms with E-state index in [2.05, 4.69) is 26.3 Å². The number of hydrogen-bond donors (Lipinski definition) is 2. The van der Waals surface area contributed by atoms with Crippen molar-refractivity contribution in [3.63, 3.8) is 0 Å². The van der Waals surface area contributed by atoms with Crippen molar-refractivity contribution < 1.29 is 14.5 Å². The van der Waals surface area contributed by atoms with Gasteiger partial charge < -0.3 is 21.2 Å². The summed E-state index contributed by atoms with van der Waals surface area (Å²) < 4.78 is 1.85. The van der Waals surface area contributed by atoms with Gasteiger partial charge in [-0.05, 0) is 65.4 Å². The first-order chi connectivity index (χ1) is 13.3. The molecule has 9 nitrogen and oxygen atoms in total. The number of hydrogen-bond acceptors (Lipinski definition) is 6. The fourth-order valence-corrected chi connectivity index (χ4v) is 5.08. The first-order valence-electron chi connectivity index (χ1n) is 8.91. The monoisotopic (exact) mass is 469 g/mol. The third-order valence-corrected chi connectivity index (χ3v) is 6.87. The maximum absolute atomic E-state index is 12.4. The largest absolute Gasteiger partial charge is 0.404 e. The fraction of sp³-hybridized carbons (Fsp3) is 0.471. The highest BCUT2D eigenvalue weighted by atomic mass is 79.9. The van der Waals surface area contributed by atoms with Gasteiger partial charge in [-0.1, -0.05) is 0 Å². The number of aromatic nitrogens is 2. The molecule has 3 rings (SSSR count). The molecule has 2 aromatic rings. The number of nitrogens with one attached hydrogen (secondary N) is 1. The lowest BCUT2D eigenvalue weighted by atomic mass is 9.95. The van der Waals surface area contributed by atoms with E-state index in [0.29, 0.717) is 33.7 Å². The molecule has 0 atom stereocenters. The topological polar surface area (TPSA) is 133 Å². The number of thiophene rings is 1. The Morgan fingerprint density at radius 2 is 2.11 bits per heavy atom. The third kappa shape index (κ3) is 4.09. The molecule has 0 fully saturated rings. The smallest absolute Gasteiger partial charge is 0.365 e. The molecule has 2 heterocycles. The van der Waals surface area contributed by atoms with Crippen molar-refractivity contribution in [3.05, 3.63) is 36.3 Å². The summed E-state index contributed by atoms with van der Waals surface area (Å²) in [5, 5.41) is 18.2. The van der Waals surface area contributed by atoms with Gasteiger partial charge in [0.1, 0.15) is 9.47 Å². The zero-order valence-electron chi connectivity index (χ0n) is 15.3. The van der Waals surface area contributed by atoms with Crippen LogP contribution in [0.4, 0.5) is 10.8 Å². The molecule has 150 valence electrons. The number of fused-ring (bicyclic) bond motifs is 1. The molecule has 0 saturated heterocycles. The van der Waals surface area contributed by atoms with Crippen molar-refractivity contribution in [1.29, 1.82) is 0 Å². The Morgan fingerprint density at radius 3 is 2.75 bits per heavy atom. The number of nitro groups is 1. The van der Waals surface area contributed by atoms with Crippen LogP contribution < -0.4 is 11.1 Å². The maximum Gasteiger partial charge on any atom is 0.404 e. The van der Waals surface area contributed by atoms with Gasteiger partial charge in [0.25, 0.3) is 5.91 Å². The van der Waals surface area contributed by atoms with Gasteiger partial charge in [0.15, 0.2) is 0 Å². The summed E-state index contributed by atoms with van der Waals surface area (Å²) in [6.07, 6.45) is 4.46. The number of aryl methyl sites for hydroxylation is 2. The molecule has 28 heavy (non-hydrogen) atoms. The summed E-state index contributed by atoms with van der Waals surface area (Å²) in [7, 11) is 0. The Bertz CT molecular complexity index is 952. The van der Waals surface area contributed by atoms with Gasteiger partial charge in [-0.3, -0.25) is 9.59 Å². The Balaban J connectivity index is 1.63. The van der Waals surface area contributed by atoms with Crippen LogP contribution in [-0.4, -0.2) is 26.5 Å². The number of nitrogens with zero attached hydrogens (tertiary/aromatic N) is 3. The van der Waals surface area contributed by atoms with Crippen molar-refractivity contribution in [2.75, 3.05) is 5.32 Å². The second kappa shape index (κ2) is 8.39. The zero-order chi connectivity index (χ0) is 20.4. The number of carbonyl (C=O) groups excluding carboxylic acids is 2. The lowest BCUT2D eigenvalue weighted by Crippen LogP contribution is -2.18. The predicted octanol–water partition coefficient (Wildman–Crippen LogP) is 3.32. The van der Waals surface area contributed by atoms with Crippen LogP contribution in [0.5, 0.6) is 0 Å². The normalized spacial score (nSPS) is 13.2. The Morgan fingerprint density at radius 1 is 1.39 bits per heavy atom. The number of rotatable bonds is 7. The molecular weight excluding hydrogens is 450 g/mol. The molecule has 0 unspecified atom stereocenters. The molecule has 3 N–H and O–H groups in total. The number of carbonyl (C=O) groups is 2. The Kier molecular flexibility index (Phi) is 6.14. The number of halogens is 1. The van der Waals surface area contributed by atoms with Gasteiger partial charge in [0, 0.05) is 11.3 Å². The number of primary amides is 1.